The van der Waals surface area contributed by atoms with Crippen molar-refractivity contribution in [1.82, 2.24) is 0 Å². The van der Waals surface area contributed by atoms with Gasteiger partial charge in [0, 0.05) is 34.5 Å². The smallest absolute Gasteiger partial charge is 0.347 e. The molecule has 0 radical (unpaired) electrons. The van der Waals surface area contributed by atoms with Gasteiger partial charge in [-0.2, -0.15) is 0 Å². The lowest BCUT2D eigenvalue weighted by atomic mass is 10.1. The third kappa shape index (κ3) is 9.60. The third-order valence-corrected chi connectivity index (χ3v) is 8.65. The van der Waals surface area contributed by atoms with Crippen molar-refractivity contribution < 1.29 is 53.1 Å². The molecule has 290 valence electrons. The zero-order chi connectivity index (χ0) is 41.3. The topological polar surface area (TPSA) is 167 Å². The Labute approximate surface area is 333 Å². The minimum absolute atomic E-state index is 0.0142. The molecular formula is C46H35NO11. The molecule has 0 aliphatic rings. The van der Waals surface area contributed by atoms with Crippen molar-refractivity contribution in [1.29, 1.82) is 0 Å². The van der Waals surface area contributed by atoms with Crippen molar-refractivity contribution >= 4 is 29.5 Å². The van der Waals surface area contributed by atoms with Crippen LogP contribution in [0.2, 0.25) is 0 Å². The Bertz CT molecular complexity index is 2390. The zero-order valence-corrected chi connectivity index (χ0v) is 31.6. The third-order valence-electron chi connectivity index (χ3n) is 8.65. The maximum atomic E-state index is 12.9. The first kappa shape index (κ1) is 39.6. The second-order valence-corrected chi connectivity index (χ2v) is 12.7. The molecule has 6 rings (SSSR count). The second-order valence-electron chi connectivity index (χ2n) is 12.7. The quantitative estimate of drug-likeness (QED) is 0.0700. The molecule has 3 N–H and O–H groups in total. The molecule has 1 amide bonds. The van der Waals surface area contributed by atoms with Gasteiger partial charge in [0.15, 0.2) is 0 Å². The normalized spacial score (nSPS) is 10.3. The van der Waals surface area contributed by atoms with E-state index in [0.29, 0.717) is 50.8 Å². The molecule has 12 nitrogen and oxygen atoms in total. The predicted molar refractivity (Wildman–Crippen MR) is 213 cm³/mol. The van der Waals surface area contributed by atoms with Crippen LogP contribution in [0, 0.1) is 25.7 Å². The molecular weight excluding hydrogens is 743 g/mol. The molecule has 0 heterocycles. The summed E-state index contributed by atoms with van der Waals surface area (Å²) >= 11 is 0. The summed E-state index contributed by atoms with van der Waals surface area (Å²) < 4.78 is 26.5. The number of phenols is 2. The molecule has 6 aromatic carbocycles. The number of hydrogen-bond donors (Lipinski definition) is 3. The van der Waals surface area contributed by atoms with Crippen LogP contribution in [-0.2, 0) is 0 Å². The van der Waals surface area contributed by atoms with E-state index >= 15 is 0 Å². The van der Waals surface area contributed by atoms with Gasteiger partial charge in [0.1, 0.15) is 51.4 Å². The molecule has 0 saturated carbocycles. The van der Waals surface area contributed by atoms with Gasteiger partial charge in [0.2, 0.25) is 0 Å². The molecule has 0 aliphatic heterocycles. The average molecular weight is 778 g/mol. The number of ether oxygens (including phenoxy) is 5. The molecule has 0 fully saturated rings. The molecule has 0 unspecified atom stereocenters. The summed E-state index contributed by atoms with van der Waals surface area (Å²) in [6.45, 7) is 3.47. The Morgan fingerprint density at radius 3 is 1.31 bits per heavy atom. The summed E-state index contributed by atoms with van der Waals surface area (Å²) in [5.74, 6) is 4.58. The minimum Gasteiger partial charge on any atom is -0.507 e. The average Bonchev–Trinajstić information content (AvgIpc) is 3.22. The number of phenolic OH excluding ortho intramolecular Hbond substituents is 2. The van der Waals surface area contributed by atoms with Crippen molar-refractivity contribution in [3.05, 3.63) is 166 Å². The number of esters is 3. The van der Waals surface area contributed by atoms with Crippen LogP contribution in [0.25, 0.3) is 0 Å². The van der Waals surface area contributed by atoms with Crippen molar-refractivity contribution in [2.24, 2.45) is 0 Å². The highest BCUT2D eigenvalue weighted by molar-refractivity contribution is 6.04. The molecule has 0 bridgehead atoms. The van der Waals surface area contributed by atoms with Gasteiger partial charge in [-0.05, 0) is 134 Å². The number of amides is 1. The summed E-state index contributed by atoms with van der Waals surface area (Å²) in [6.07, 6.45) is 0. The number of nitrogens with one attached hydrogen (secondary N) is 1. The molecule has 12 heteroatoms. The van der Waals surface area contributed by atoms with Gasteiger partial charge in [-0.15, -0.1) is 0 Å². The maximum Gasteiger partial charge on any atom is 0.347 e. The summed E-state index contributed by atoms with van der Waals surface area (Å²) in [6, 6.07) is 31.0. The van der Waals surface area contributed by atoms with E-state index < -0.39 is 17.9 Å². The Hall–Kier alpha value is -8.04. The predicted octanol–water partition coefficient (Wildman–Crippen LogP) is 8.04. The number of aryl methyl sites for hydroxylation is 2. The molecule has 6 aromatic rings. The molecule has 0 aliphatic carbocycles. The van der Waals surface area contributed by atoms with Crippen LogP contribution in [0.1, 0.15) is 63.7 Å². The van der Waals surface area contributed by atoms with Gasteiger partial charge in [-0.25, -0.2) is 14.4 Å². The van der Waals surface area contributed by atoms with Gasteiger partial charge in [0.25, 0.3) is 5.91 Å². The number of methoxy groups -OCH3 is 2. The molecule has 0 spiro atoms. The SMILES string of the molecule is COc1cc(O)c(C(=O)Oc2ccc(C(=O)Nc3ccc(C#Cc4ccc(OC(=O)c5ccc(OC(=O)c6cc(C)c(OC)cc6O)cc5)cc4)cc3)cc2)cc1C. The number of carbonyl (C=O) groups excluding carboxylic acids is 4. The van der Waals surface area contributed by atoms with Crippen LogP contribution >= 0.6 is 0 Å². The standard InChI is InChI=1S/C46H35NO11/c1-27-23-37(39(48)25-41(27)54-3)45(52)57-35-19-11-31(12-20-35)43(50)47-33-15-7-29(8-16-33)5-6-30-9-17-34(18-10-30)56-44(51)32-13-21-36(22-14-32)58-46(53)38-24-28(2)42(55-4)26-40(38)49/h7-26,48-49H,1-4H3,(H,47,50). The van der Waals surface area contributed by atoms with E-state index in [1.165, 1.54) is 87.0 Å². The molecule has 0 atom stereocenters. The zero-order valence-electron chi connectivity index (χ0n) is 31.6. The van der Waals surface area contributed by atoms with E-state index in [4.69, 9.17) is 23.7 Å². The summed E-state index contributed by atoms with van der Waals surface area (Å²) in [5, 5.41) is 23.2. The van der Waals surface area contributed by atoms with Crippen molar-refractivity contribution in [2.75, 3.05) is 19.5 Å². The monoisotopic (exact) mass is 777 g/mol. The van der Waals surface area contributed by atoms with E-state index in [1.54, 1.807) is 62.4 Å². The fraction of sp³-hybridized carbons (Fsp3) is 0.0870. The summed E-state index contributed by atoms with van der Waals surface area (Å²) in [7, 11) is 2.92. The lowest BCUT2D eigenvalue weighted by Gasteiger charge is -2.10. The summed E-state index contributed by atoms with van der Waals surface area (Å²) in [5.41, 5.74) is 3.74. The fourth-order valence-corrected chi connectivity index (χ4v) is 5.54. The Morgan fingerprint density at radius 1 is 0.500 bits per heavy atom. The molecule has 58 heavy (non-hydrogen) atoms. The van der Waals surface area contributed by atoms with Crippen LogP contribution in [0.4, 0.5) is 5.69 Å². The van der Waals surface area contributed by atoms with E-state index in [2.05, 4.69) is 17.2 Å². The number of rotatable bonds is 10. The van der Waals surface area contributed by atoms with Gasteiger partial charge < -0.3 is 39.2 Å². The highest BCUT2D eigenvalue weighted by atomic mass is 16.5. The second kappa shape index (κ2) is 17.6. The lowest BCUT2D eigenvalue weighted by molar-refractivity contribution is 0.0720. The minimum atomic E-state index is -0.767. The highest BCUT2D eigenvalue weighted by Gasteiger charge is 2.19. The number of benzene rings is 6. The van der Waals surface area contributed by atoms with Crippen molar-refractivity contribution in [2.45, 2.75) is 13.8 Å². The molecule has 0 aromatic heterocycles. The Morgan fingerprint density at radius 2 is 0.879 bits per heavy atom. The van der Waals surface area contributed by atoms with Crippen molar-refractivity contribution in [3.63, 3.8) is 0 Å². The van der Waals surface area contributed by atoms with E-state index in [1.807, 2.05) is 0 Å². The van der Waals surface area contributed by atoms with Gasteiger partial charge in [0.05, 0.1) is 19.8 Å². The number of aromatic hydroxyl groups is 2. The number of anilines is 1. The van der Waals surface area contributed by atoms with Crippen LogP contribution in [0.3, 0.4) is 0 Å². The van der Waals surface area contributed by atoms with Gasteiger partial charge in [-0.3, -0.25) is 4.79 Å². The van der Waals surface area contributed by atoms with E-state index in [0.717, 1.165) is 0 Å². The number of carbonyl (C=O) groups is 4. The Kier molecular flexibility index (Phi) is 12.0. The summed E-state index contributed by atoms with van der Waals surface area (Å²) in [4.78, 5) is 50.9. The number of hydrogen-bond acceptors (Lipinski definition) is 11. The van der Waals surface area contributed by atoms with Crippen molar-refractivity contribution in [3.8, 4) is 52.1 Å². The molecule has 0 saturated heterocycles. The Balaban J connectivity index is 0.979. The van der Waals surface area contributed by atoms with Crippen LogP contribution in [0.15, 0.2) is 121 Å². The van der Waals surface area contributed by atoms with Gasteiger partial charge >= 0.3 is 17.9 Å². The van der Waals surface area contributed by atoms with E-state index in [9.17, 15) is 29.4 Å². The fourth-order valence-electron chi connectivity index (χ4n) is 5.54. The lowest BCUT2D eigenvalue weighted by Crippen LogP contribution is -2.12. The largest absolute Gasteiger partial charge is 0.507 e. The van der Waals surface area contributed by atoms with Crippen LogP contribution in [-0.4, -0.2) is 48.2 Å². The first-order chi connectivity index (χ1) is 27.9. The first-order valence-corrected chi connectivity index (χ1v) is 17.6. The first-order valence-electron chi connectivity index (χ1n) is 17.6. The van der Waals surface area contributed by atoms with Crippen LogP contribution in [0.5, 0.6) is 40.2 Å². The maximum absolute atomic E-state index is 12.9. The van der Waals surface area contributed by atoms with Crippen LogP contribution < -0.4 is 29.0 Å². The highest BCUT2D eigenvalue weighted by Crippen LogP contribution is 2.30. The van der Waals surface area contributed by atoms with Gasteiger partial charge in [-0.1, -0.05) is 11.8 Å². The van der Waals surface area contributed by atoms with E-state index in [-0.39, 0.29) is 45.6 Å².